The molecule has 0 saturated carbocycles. The van der Waals surface area contributed by atoms with Gasteiger partial charge < -0.3 is 20.7 Å². The first-order chi connectivity index (χ1) is 17.8. The molecule has 2 rings (SSSR count). The molecule has 2 aromatic rings. The fourth-order valence-corrected chi connectivity index (χ4v) is 4.01. The van der Waals surface area contributed by atoms with Gasteiger partial charge in [-0.3, -0.25) is 9.97 Å². The molecule has 205 valence electrons. The van der Waals surface area contributed by atoms with Crippen LogP contribution < -0.4 is 0 Å². The Morgan fingerprint density at radius 2 is 0.919 bits per heavy atom. The molecule has 0 unspecified atom stereocenters. The molecule has 0 spiro atoms. The summed E-state index contributed by atoms with van der Waals surface area (Å²) in [5, 5.41) is 27.8. The number of hydrogen-bond acceptors (Lipinski definition) is 6. The summed E-state index contributed by atoms with van der Waals surface area (Å²) in [6.07, 6.45) is 22.3. The number of hydrogen-bond donors (Lipinski definition) is 0. The van der Waals surface area contributed by atoms with Crippen molar-refractivity contribution >= 4 is 11.4 Å². The van der Waals surface area contributed by atoms with E-state index in [2.05, 4.69) is 34.1 Å². The van der Waals surface area contributed by atoms with Gasteiger partial charge in [-0.25, -0.2) is 0 Å². The van der Waals surface area contributed by atoms with Crippen molar-refractivity contribution in [3.8, 4) is 0 Å². The van der Waals surface area contributed by atoms with E-state index < -0.39 is 0 Å². The normalized spacial score (nSPS) is 11.4. The second-order valence-corrected chi connectivity index (χ2v) is 9.25. The van der Waals surface area contributed by atoms with Gasteiger partial charge in [0.2, 0.25) is 0 Å². The van der Waals surface area contributed by atoms with Crippen molar-refractivity contribution in [2.24, 2.45) is 10.3 Å². The summed E-state index contributed by atoms with van der Waals surface area (Å²) < 4.78 is 0. The van der Waals surface area contributed by atoms with Gasteiger partial charge in [0.25, 0.3) is 0 Å². The topological polar surface area (TPSA) is 96.6 Å². The number of unbranched alkanes of at least 4 members (excludes halogenated alkanes) is 12. The molecule has 1 radical (unpaired) electrons. The summed E-state index contributed by atoms with van der Waals surface area (Å²) in [6.45, 7) is 4.45. The largest absolute Gasteiger partial charge is 2.00 e. The molecular formula is C30H46MnN4O2. The van der Waals surface area contributed by atoms with Crippen LogP contribution in [0.2, 0.25) is 0 Å². The standard InChI is InChI=1S/2C15H24N2O.Mn/c2*1-2-3-4-5-6-7-8-12-15(17-18)14-11-9-10-13-16-14;/h2*9-11,13,18H,2-8,12H2,1H3;/q;;+2/p-2/b2*17-15-;. The maximum atomic E-state index is 10.8. The van der Waals surface area contributed by atoms with Gasteiger partial charge >= 0.3 is 17.1 Å². The van der Waals surface area contributed by atoms with Crippen LogP contribution in [-0.2, 0) is 17.1 Å². The molecule has 0 aromatic carbocycles. The van der Waals surface area contributed by atoms with E-state index >= 15 is 0 Å². The Balaban J connectivity index is 0.000000682. The molecule has 0 atom stereocenters. The Bertz CT molecular complexity index is 747. The molecule has 0 aliphatic heterocycles. The third-order valence-corrected chi connectivity index (χ3v) is 6.18. The molecule has 0 aliphatic carbocycles. The van der Waals surface area contributed by atoms with E-state index in [-0.39, 0.29) is 17.1 Å². The van der Waals surface area contributed by atoms with Crippen molar-refractivity contribution in [1.82, 2.24) is 9.97 Å². The predicted molar refractivity (Wildman–Crippen MR) is 154 cm³/mol. The number of rotatable bonds is 18. The molecule has 0 bridgehead atoms. The Labute approximate surface area is 235 Å². The maximum Gasteiger partial charge on any atom is 2.00 e. The Morgan fingerprint density at radius 1 is 0.568 bits per heavy atom. The minimum absolute atomic E-state index is 0. The number of pyridine rings is 2. The quantitative estimate of drug-likeness (QED) is 0.0802. The summed E-state index contributed by atoms with van der Waals surface area (Å²) in [5.74, 6) is 0. The van der Waals surface area contributed by atoms with Crippen molar-refractivity contribution in [3.63, 3.8) is 0 Å². The van der Waals surface area contributed by atoms with Crippen LogP contribution in [0.1, 0.15) is 128 Å². The first-order valence-corrected chi connectivity index (χ1v) is 14.0. The molecular weight excluding hydrogens is 503 g/mol. The first kappa shape index (κ1) is 34.8. The van der Waals surface area contributed by atoms with Crippen LogP contribution in [-0.4, -0.2) is 21.4 Å². The zero-order valence-corrected chi connectivity index (χ0v) is 24.1. The number of nitrogens with zero attached hydrogens (tertiary/aromatic N) is 4. The van der Waals surface area contributed by atoms with Crippen LogP contribution in [0.5, 0.6) is 0 Å². The van der Waals surface area contributed by atoms with Gasteiger partial charge in [-0.2, -0.15) is 0 Å². The Kier molecular flexibility index (Phi) is 23.9. The van der Waals surface area contributed by atoms with E-state index in [4.69, 9.17) is 0 Å². The molecule has 37 heavy (non-hydrogen) atoms. The molecule has 0 saturated heterocycles. The molecule has 0 amide bonds. The van der Waals surface area contributed by atoms with Gasteiger partial charge in [-0.15, -0.1) is 0 Å². The van der Waals surface area contributed by atoms with Gasteiger partial charge in [0.05, 0.1) is 22.8 Å². The van der Waals surface area contributed by atoms with E-state index in [1.54, 1.807) is 12.4 Å². The third kappa shape index (κ3) is 17.8. The third-order valence-electron chi connectivity index (χ3n) is 6.18. The fourth-order valence-electron chi connectivity index (χ4n) is 4.01. The van der Waals surface area contributed by atoms with Gasteiger partial charge in [-0.05, 0) is 49.9 Å². The molecule has 0 aliphatic rings. The molecule has 2 heterocycles. The Hall–Kier alpha value is -2.24. The van der Waals surface area contributed by atoms with Crippen molar-refractivity contribution in [1.29, 1.82) is 0 Å². The van der Waals surface area contributed by atoms with Crippen LogP contribution in [0, 0.1) is 10.4 Å². The van der Waals surface area contributed by atoms with Crippen molar-refractivity contribution in [3.05, 3.63) is 70.6 Å². The minimum Gasteiger partial charge on any atom is -0.792 e. The van der Waals surface area contributed by atoms with E-state index in [0.717, 1.165) is 37.1 Å². The van der Waals surface area contributed by atoms with Crippen molar-refractivity contribution in [2.45, 2.75) is 117 Å². The Morgan fingerprint density at radius 3 is 1.22 bits per heavy atom. The average molecular weight is 550 g/mol. The fraction of sp³-hybridized carbons (Fsp3) is 0.600. The SMILES string of the molecule is CCCCCCCCC/C(=N/[O-])c1ccccn1.CCCCCCCCC/C(=N/[O-])c1ccccn1.[Mn+2]. The first-order valence-electron chi connectivity index (χ1n) is 14.0. The summed E-state index contributed by atoms with van der Waals surface area (Å²) in [5.41, 5.74) is 2.62. The van der Waals surface area contributed by atoms with Gasteiger partial charge in [-0.1, -0.05) is 103 Å². The van der Waals surface area contributed by atoms with Gasteiger partial charge in [0.1, 0.15) is 0 Å². The second-order valence-electron chi connectivity index (χ2n) is 9.25. The van der Waals surface area contributed by atoms with E-state index in [9.17, 15) is 10.4 Å². The van der Waals surface area contributed by atoms with Crippen LogP contribution >= 0.6 is 0 Å². The van der Waals surface area contributed by atoms with E-state index in [1.165, 1.54) is 77.0 Å². The van der Waals surface area contributed by atoms with Crippen LogP contribution in [0.3, 0.4) is 0 Å². The predicted octanol–water partition coefficient (Wildman–Crippen LogP) is 9.02. The van der Waals surface area contributed by atoms with Crippen molar-refractivity contribution < 1.29 is 17.1 Å². The van der Waals surface area contributed by atoms with Gasteiger partial charge in [0, 0.05) is 12.4 Å². The zero-order valence-electron chi connectivity index (χ0n) is 22.9. The van der Waals surface area contributed by atoms with Gasteiger partial charge in [0.15, 0.2) is 0 Å². The van der Waals surface area contributed by atoms with E-state index in [0.29, 0.717) is 11.4 Å². The van der Waals surface area contributed by atoms with Crippen LogP contribution in [0.25, 0.3) is 0 Å². The average Bonchev–Trinajstić information content (AvgIpc) is 2.93. The van der Waals surface area contributed by atoms with Crippen LogP contribution in [0.4, 0.5) is 0 Å². The van der Waals surface area contributed by atoms with Crippen LogP contribution in [0.15, 0.2) is 59.1 Å². The van der Waals surface area contributed by atoms with Crippen molar-refractivity contribution in [2.75, 3.05) is 0 Å². The molecule has 0 fully saturated rings. The summed E-state index contributed by atoms with van der Waals surface area (Å²) >= 11 is 0. The molecule has 6 nitrogen and oxygen atoms in total. The summed E-state index contributed by atoms with van der Waals surface area (Å²) in [6, 6.07) is 11.2. The zero-order chi connectivity index (χ0) is 26.1. The smallest absolute Gasteiger partial charge is 0.792 e. The monoisotopic (exact) mass is 549 g/mol. The molecule has 0 N–H and O–H groups in total. The summed E-state index contributed by atoms with van der Waals surface area (Å²) in [7, 11) is 0. The molecule has 7 heteroatoms. The second kappa shape index (κ2) is 25.4. The maximum absolute atomic E-state index is 10.8. The summed E-state index contributed by atoms with van der Waals surface area (Å²) in [4.78, 5) is 8.32. The number of aromatic nitrogens is 2. The molecule has 2 aromatic heterocycles. The van der Waals surface area contributed by atoms with E-state index in [1.807, 2.05) is 36.4 Å². The minimum atomic E-state index is 0.